The third-order valence-corrected chi connectivity index (χ3v) is 6.62. The van der Waals surface area contributed by atoms with E-state index in [1.807, 2.05) is 35.7 Å². The largest absolute Gasteiger partial charge is 0.319 e. The SMILES string of the molecule is O=C(CSc1nnc2c3cc(Br)ccc3n(Cc3ccccc3)c2n1)Nc1nccs1. The van der Waals surface area contributed by atoms with Crippen LogP contribution in [0.25, 0.3) is 22.1 Å². The van der Waals surface area contributed by atoms with Gasteiger partial charge in [0.15, 0.2) is 10.8 Å². The fourth-order valence-electron chi connectivity index (χ4n) is 3.27. The molecule has 0 radical (unpaired) electrons. The van der Waals surface area contributed by atoms with Gasteiger partial charge >= 0.3 is 0 Å². The van der Waals surface area contributed by atoms with E-state index in [1.165, 1.54) is 28.7 Å². The van der Waals surface area contributed by atoms with Gasteiger partial charge in [0.1, 0.15) is 5.52 Å². The summed E-state index contributed by atoms with van der Waals surface area (Å²) < 4.78 is 3.11. The molecular formula is C21H15BrN6OS2. The Morgan fingerprint density at radius 1 is 1.16 bits per heavy atom. The van der Waals surface area contributed by atoms with E-state index in [-0.39, 0.29) is 11.7 Å². The number of fused-ring (bicyclic) bond motifs is 3. The lowest BCUT2D eigenvalue weighted by Crippen LogP contribution is -2.14. The Kier molecular flexibility index (Phi) is 5.66. The van der Waals surface area contributed by atoms with E-state index in [4.69, 9.17) is 4.98 Å². The third kappa shape index (κ3) is 4.32. The second-order valence-corrected chi connectivity index (χ2v) is 9.43. The lowest BCUT2D eigenvalue weighted by atomic mass is 10.2. The lowest BCUT2D eigenvalue weighted by molar-refractivity contribution is -0.113. The summed E-state index contributed by atoms with van der Waals surface area (Å²) >= 11 is 6.17. The van der Waals surface area contributed by atoms with Crippen molar-refractivity contribution < 1.29 is 4.79 Å². The van der Waals surface area contributed by atoms with Crippen molar-refractivity contribution in [2.75, 3.05) is 11.1 Å². The number of nitrogens with zero attached hydrogens (tertiary/aromatic N) is 5. The normalized spacial score (nSPS) is 11.3. The van der Waals surface area contributed by atoms with Crippen LogP contribution in [0, 0.1) is 0 Å². The van der Waals surface area contributed by atoms with Gasteiger partial charge < -0.3 is 9.88 Å². The molecule has 5 aromatic rings. The molecule has 2 aromatic carbocycles. The molecule has 10 heteroatoms. The number of thiazole rings is 1. The first-order valence-electron chi connectivity index (χ1n) is 9.35. The molecule has 0 saturated carbocycles. The summed E-state index contributed by atoms with van der Waals surface area (Å²) in [7, 11) is 0. The van der Waals surface area contributed by atoms with Gasteiger partial charge in [0.05, 0.1) is 11.3 Å². The van der Waals surface area contributed by atoms with Crippen LogP contribution in [0.3, 0.4) is 0 Å². The van der Waals surface area contributed by atoms with Crippen LogP contribution in [0.4, 0.5) is 5.13 Å². The average molecular weight is 511 g/mol. The Balaban J connectivity index is 1.48. The average Bonchev–Trinajstić information content (AvgIpc) is 3.39. The molecule has 7 nitrogen and oxygen atoms in total. The number of aromatic nitrogens is 5. The summed E-state index contributed by atoms with van der Waals surface area (Å²) in [6.07, 6.45) is 1.65. The third-order valence-electron chi connectivity index (χ3n) is 4.60. The van der Waals surface area contributed by atoms with E-state index in [1.54, 1.807) is 6.20 Å². The zero-order chi connectivity index (χ0) is 21.2. The minimum atomic E-state index is -0.155. The van der Waals surface area contributed by atoms with Crippen LogP contribution >= 0.6 is 39.0 Å². The zero-order valence-corrected chi connectivity index (χ0v) is 19.2. The highest BCUT2D eigenvalue weighted by molar-refractivity contribution is 9.10. The van der Waals surface area contributed by atoms with Gasteiger partial charge in [-0.1, -0.05) is 58.0 Å². The summed E-state index contributed by atoms with van der Waals surface area (Å²) in [5, 5.41) is 15.3. The van der Waals surface area contributed by atoms with Gasteiger partial charge in [-0.05, 0) is 23.8 Å². The monoisotopic (exact) mass is 510 g/mol. The first-order valence-corrected chi connectivity index (χ1v) is 12.0. The van der Waals surface area contributed by atoms with Crippen LogP contribution in [0.15, 0.2) is 69.7 Å². The van der Waals surface area contributed by atoms with E-state index in [2.05, 4.69) is 59.2 Å². The molecule has 1 amide bonds. The molecule has 0 fully saturated rings. The molecule has 0 spiro atoms. The molecule has 0 aliphatic carbocycles. The van der Waals surface area contributed by atoms with Crippen molar-refractivity contribution in [2.45, 2.75) is 11.7 Å². The summed E-state index contributed by atoms with van der Waals surface area (Å²) in [5.74, 6) is 0.0226. The van der Waals surface area contributed by atoms with Crippen molar-refractivity contribution in [3.05, 3.63) is 70.1 Å². The first kappa shape index (κ1) is 20.1. The first-order chi connectivity index (χ1) is 15.2. The van der Waals surface area contributed by atoms with Crippen LogP contribution in [-0.4, -0.2) is 36.4 Å². The topological polar surface area (TPSA) is 85.6 Å². The van der Waals surface area contributed by atoms with Gasteiger partial charge in [-0.15, -0.1) is 21.5 Å². The fourth-order valence-corrected chi connectivity index (χ4v) is 4.76. The molecule has 0 aliphatic rings. The smallest absolute Gasteiger partial charge is 0.236 e. The number of amides is 1. The highest BCUT2D eigenvalue weighted by atomic mass is 79.9. The molecule has 31 heavy (non-hydrogen) atoms. The van der Waals surface area contributed by atoms with Crippen LogP contribution in [0.2, 0.25) is 0 Å². The van der Waals surface area contributed by atoms with Gasteiger partial charge in [-0.2, -0.15) is 0 Å². The predicted octanol–water partition coefficient (Wildman–Crippen LogP) is 4.98. The van der Waals surface area contributed by atoms with E-state index < -0.39 is 0 Å². The number of hydrogen-bond acceptors (Lipinski definition) is 7. The molecular weight excluding hydrogens is 496 g/mol. The number of nitrogens with one attached hydrogen (secondary N) is 1. The summed E-state index contributed by atoms with van der Waals surface area (Å²) in [6, 6.07) is 16.3. The second-order valence-electron chi connectivity index (χ2n) is 6.67. The van der Waals surface area contributed by atoms with Crippen molar-refractivity contribution in [1.82, 2.24) is 24.7 Å². The maximum atomic E-state index is 12.2. The number of halogens is 1. The highest BCUT2D eigenvalue weighted by Gasteiger charge is 2.16. The van der Waals surface area contributed by atoms with Gasteiger partial charge in [0.25, 0.3) is 0 Å². The molecule has 0 bridgehead atoms. The summed E-state index contributed by atoms with van der Waals surface area (Å²) in [5.41, 5.74) is 3.69. The maximum Gasteiger partial charge on any atom is 0.236 e. The van der Waals surface area contributed by atoms with E-state index in [0.717, 1.165) is 26.5 Å². The molecule has 5 rings (SSSR count). The number of carbonyl (C=O) groups excluding carboxylic acids is 1. The highest BCUT2D eigenvalue weighted by Crippen LogP contribution is 2.30. The Bertz CT molecular complexity index is 1370. The number of anilines is 1. The fraction of sp³-hybridized carbons (Fsp3) is 0.0952. The van der Waals surface area contributed by atoms with Crippen molar-refractivity contribution in [3.63, 3.8) is 0 Å². The molecule has 1 N–H and O–H groups in total. The van der Waals surface area contributed by atoms with Gasteiger partial charge in [-0.3, -0.25) is 4.79 Å². The molecule has 0 unspecified atom stereocenters. The van der Waals surface area contributed by atoms with Gasteiger partial charge in [-0.25, -0.2) is 9.97 Å². The zero-order valence-electron chi connectivity index (χ0n) is 16.0. The second kappa shape index (κ2) is 8.74. The number of rotatable bonds is 6. The van der Waals surface area contributed by atoms with Crippen LogP contribution in [0.1, 0.15) is 5.56 Å². The van der Waals surface area contributed by atoms with Crippen molar-refractivity contribution in [3.8, 4) is 0 Å². The number of benzene rings is 2. The van der Waals surface area contributed by atoms with Crippen LogP contribution in [-0.2, 0) is 11.3 Å². The Morgan fingerprint density at radius 3 is 2.84 bits per heavy atom. The summed E-state index contributed by atoms with van der Waals surface area (Å²) in [4.78, 5) is 21.0. The standard InChI is InChI=1S/C21H15BrN6OS2/c22-14-6-7-16-15(10-14)18-19(28(16)11-13-4-2-1-3-5-13)25-21(27-26-18)31-12-17(29)24-20-23-8-9-30-20/h1-10H,11-12H2,(H,23,24,29). The minimum Gasteiger partial charge on any atom is -0.319 e. The lowest BCUT2D eigenvalue weighted by Gasteiger charge is -2.07. The number of carbonyl (C=O) groups is 1. The molecule has 3 heterocycles. The number of hydrogen-bond donors (Lipinski definition) is 1. The van der Waals surface area contributed by atoms with E-state index in [9.17, 15) is 4.79 Å². The van der Waals surface area contributed by atoms with Gasteiger partial charge in [0, 0.05) is 28.0 Å². The molecule has 0 aliphatic heterocycles. The Labute approximate surface area is 194 Å². The number of thioether (sulfide) groups is 1. The van der Waals surface area contributed by atoms with Gasteiger partial charge in [0.2, 0.25) is 11.1 Å². The van der Waals surface area contributed by atoms with Crippen molar-refractivity contribution in [2.24, 2.45) is 0 Å². The molecule has 0 atom stereocenters. The van der Waals surface area contributed by atoms with E-state index >= 15 is 0 Å². The molecule has 154 valence electrons. The van der Waals surface area contributed by atoms with E-state index in [0.29, 0.717) is 16.8 Å². The maximum absolute atomic E-state index is 12.2. The van der Waals surface area contributed by atoms with Crippen molar-refractivity contribution in [1.29, 1.82) is 0 Å². The van der Waals surface area contributed by atoms with Crippen molar-refractivity contribution >= 4 is 72.1 Å². The molecule has 3 aromatic heterocycles. The quantitative estimate of drug-likeness (QED) is 0.324. The minimum absolute atomic E-state index is 0.155. The van der Waals surface area contributed by atoms with Crippen LogP contribution in [0.5, 0.6) is 0 Å². The van der Waals surface area contributed by atoms with Crippen LogP contribution < -0.4 is 5.32 Å². The predicted molar refractivity (Wildman–Crippen MR) is 128 cm³/mol. The molecule has 0 saturated heterocycles. The summed E-state index contributed by atoms with van der Waals surface area (Å²) in [6.45, 7) is 0.663. The Hall–Kier alpha value is -2.82. The Morgan fingerprint density at radius 2 is 2.03 bits per heavy atom.